The zero-order valence-corrected chi connectivity index (χ0v) is 14.5. The van der Waals surface area contributed by atoms with Crippen LogP contribution in [0.4, 0.5) is 0 Å². The van der Waals surface area contributed by atoms with Gasteiger partial charge in [-0.05, 0) is 50.5 Å². The summed E-state index contributed by atoms with van der Waals surface area (Å²) in [7, 11) is 1.63. The van der Waals surface area contributed by atoms with Crippen molar-refractivity contribution in [2.75, 3.05) is 20.2 Å². The summed E-state index contributed by atoms with van der Waals surface area (Å²) in [4.78, 5) is 14.6. The second-order valence-corrected chi connectivity index (χ2v) is 6.15. The van der Waals surface area contributed by atoms with Crippen molar-refractivity contribution >= 4 is 18.3 Å². The highest BCUT2D eigenvalue weighted by Gasteiger charge is 2.32. The van der Waals surface area contributed by atoms with E-state index in [0.717, 1.165) is 25.3 Å². The number of hydrogen-bond donors (Lipinski definition) is 1. The molecule has 0 aliphatic carbocycles. The van der Waals surface area contributed by atoms with E-state index in [4.69, 9.17) is 9.47 Å². The van der Waals surface area contributed by atoms with Crippen molar-refractivity contribution in [2.24, 2.45) is 0 Å². The molecule has 3 unspecified atom stereocenters. The zero-order valence-electron chi connectivity index (χ0n) is 13.7. The number of rotatable bonds is 4. The Morgan fingerprint density at radius 2 is 1.83 bits per heavy atom. The minimum atomic E-state index is -0.468. The van der Waals surface area contributed by atoms with Crippen LogP contribution in [0.2, 0.25) is 0 Å². The quantitative estimate of drug-likeness (QED) is 0.913. The molecule has 2 fully saturated rings. The summed E-state index contributed by atoms with van der Waals surface area (Å²) < 4.78 is 10.9. The molecule has 0 radical (unpaired) electrons. The highest BCUT2D eigenvalue weighted by molar-refractivity contribution is 5.85. The highest BCUT2D eigenvalue weighted by atomic mass is 35.5. The summed E-state index contributed by atoms with van der Waals surface area (Å²) in [6.07, 6.45) is 2.98. The molecule has 0 spiro atoms. The minimum Gasteiger partial charge on any atom is -0.497 e. The first-order valence-corrected chi connectivity index (χ1v) is 8.01. The first kappa shape index (κ1) is 17.9. The lowest BCUT2D eigenvalue weighted by Crippen LogP contribution is -2.44. The number of nitrogens with zero attached hydrogens (tertiary/aromatic N) is 1. The number of benzene rings is 1. The van der Waals surface area contributed by atoms with Crippen molar-refractivity contribution in [2.45, 2.75) is 44.4 Å². The molecular weight excluding hydrogens is 316 g/mol. The second-order valence-electron chi connectivity index (χ2n) is 6.15. The molecule has 1 N–H and O–H groups in total. The Morgan fingerprint density at radius 3 is 2.52 bits per heavy atom. The lowest BCUT2D eigenvalue weighted by atomic mass is 10.1. The van der Waals surface area contributed by atoms with Gasteiger partial charge in [0.1, 0.15) is 11.5 Å². The fraction of sp³-hybridized carbons (Fsp3) is 0.588. The Hall–Kier alpha value is -1.46. The zero-order chi connectivity index (χ0) is 15.5. The number of methoxy groups -OCH3 is 1. The monoisotopic (exact) mass is 340 g/mol. The van der Waals surface area contributed by atoms with Crippen LogP contribution in [0, 0.1) is 0 Å². The van der Waals surface area contributed by atoms with Crippen LogP contribution in [-0.4, -0.2) is 49.2 Å². The molecule has 1 amide bonds. The maximum absolute atomic E-state index is 12.6. The van der Waals surface area contributed by atoms with Crippen molar-refractivity contribution in [3.63, 3.8) is 0 Å². The van der Waals surface area contributed by atoms with Crippen LogP contribution in [0.1, 0.15) is 26.2 Å². The number of nitrogens with one attached hydrogen (secondary N) is 1. The van der Waals surface area contributed by atoms with Crippen LogP contribution < -0.4 is 14.8 Å². The second kappa shape index (κ2) is 7.88. The third kappa shape index (κ3) is 4.30. The summed E-state index contributed by atoms with van der Waals surface area (Å²) in [6, 6.07) is 8.36. The van der Waals surface area contributed by atoms with Crippen molar-refractivity contribution in [1.82, 2.24) is 10.2 Å². The van der Waals surface area contributed by atoms with Gasteiger partial charge in [0.2, 0.25) is 0 Å². The third-order valence-electron chi connectivity index (χ3n) is 4.55. The van der Waals surface area contributed by atoms with Crippen LogP contribution >= 0.6 is 12.4 Å². The number of hydrogen-bond acceptors (Lipinski definition) is 4. The van der Waals surface area contributed by atoms with Gasteiger partial charge in [-0.3, -0.25) is 4.79 Å². The molecule has 2 aliphatic rings. The molecule has 3 rings (SSSR count). The van der Waals surface area contributed by atoms with E-state index in [1.54, 1.807) is 7.11 Å². The SMILES string of the molecule is COc1ccc(OC(C)C(=O)N2CCC3CCC(C2)N3)cc1.Cl. The van der Waals surface area contributed by atoms with Gasteiger partial charge in [0.15, 0.2) is 6.10 Å². The lowest BCUT2D eigenvalue weighted by Gasteiger charge is -2.27. The highest BCUT2D eigenvalue weighted by Crippen LogP contribution is 2.22. The third-order valence-corrected chi connectivity index (χ3v) is 4.55. The van der Waals surface area contributed by atoms with Gasteiger partial charge in [0.25, 0.3) is 5.91 Å². The molecule has 1 aromatic carbocycles. The summed E-state index contributed by atoms with van der Waals surface area (Å²) in [5.74, 6) is 1.54. The molecule has 2 bridgehead atoms. The summed E-state index contributed by atoms with van der Waals surface area (Å²) in [6.45, 7) is 3.44. The number of likely N-dealkylation sites (tertiary alicyclic amines) is 1. The molecule has 0 aromatic heterocycles. The van der Waals surface area contributed by atoms with Crippen molar-refractivity contribution in [3.05, 3.63) is 24.3 Å². The molecule has 128 valence electrons. The van der Waals surface area contributed by atoms with Crippen LogP contribution in [-0.2, 0) is 4.79 Å². The van der Waals surface area contributed by atoms with E-state index in [9.17, 15) is 4.79 Å². The van der Waals surface area contributed by atoms with Gasteiger partial charge in [-0.15, -0.1) is 12.4 Å². The largest absolute Gasteiger partial charge is 0.497 e. The van der Waals surface area contributed by atoms with Gasteiger partial charge in [-0.2, -0.15) is 0 Å². The summed E-state index contributed by atoms with van der Waals surface area (Å²) in [5.41, 5.74) is 0. The molecule has 23 heavy (non-hydrogen) atoms. The Morgan fingerprint density at radius 1 is 1.17 bits per heavy atom. The van der Waals surface area contributed by atoms with Crippen molar-refractivity contribution in [3.8, 4) is 11.5 Å². The Bertz CT molecular complexity index is 523. The van der Waals surface area contributed by atoms with Gasteiger partial charge >= 0.3 is 0 Å². The average Bonchev–Trinajstić information content (AvgIpc) is 2.86. The van der Waals surface area contributed by atoms with E-state index >= 15 is 0 Å². The number of halogens is 1. The maximum atomic E-state index is 12.6. The molecule has 6 heteroatoms. The fourth-order valence-electron chi connectivity index (χ4n) is 3.31. The molecular formula is C17H25ClN2O3. The number of carbonyl (C=O) groups excluding carboxylic acids is 1. The van der Waals surface area contributed by atoms with Crippen molar-refractivity contribution < 1.29 is 14.3 Å². The number of fused-ring (bicyclic) bond motifs is 2. The van der Waals surface area contributed by atoms with Crippen LogP contribution in [0.25, 0.3) is 0 Å². The van der Waals surface area contributed by atoms with Gasteiger partial charge in [-0.1, -0.05) is 0 Å². The summed E-state index contributed by atoms with van der Waals surface area (Å²) in [5, 5.41) is 3.59. The van der Waals surface area contributed by atoms with Crippen LogP contribution in [0.15, 0.2) is 24.3 Å². The van der Waals surface area contributed by atoms with Gasteiger partial charge in [-0.25, -0.2) is 0 Å². The molecule has 5 nitrogen and oxygen atoms in total. The maximum Gasteiger partial charge on any atom is 0.263 e. The molecule has 1 aromatic rings. The van der Waals surface area contributed by atoms with E-state index < -0.39 is 6.10 Å². The predicted molar refractivity (Wildman–Crippen MR) is 91.5 cm³/mol. The Labute approximate surface area is 143 Å². The molecule has 2 aliphatic heterocycles. The smallest absolute Gasteiger partial charge is 0.263 e. The first-order valence-electron chi connectivity index (χ1n) is 8.01. The van der Waals surface area contributed by atoms with Gasteiger partial charge in [0.05, 0.1) is 7.11 Å². The molecule has 2 saturated heterocycles. The van der Waals surface area contributed by atoms with E-state index in [-0.39, 0.29) is 18.3 Å². The number of ether oxygens (including phenoxy) is 2. The van der Waals surface area contributed by atoms with E-state index in [1.165, 1.54) is 12.8 Å². The van der Waals surface area contributed by atoms with Gasteiger partial charge < -0.3 is 19.7 Å². The van der Waals surface area contributed by atoms with E-state index in [1.807, 2.05) is 36.1 Å². The van der Waals surface area contributed by atoms with Crippen LogP contribution in [0.3, 0.4) is 0 Å². The standard InChI is InChI=1S/C17H24N2O3.ClH/c1-12(22-16-7-5-15(21-2)6-8-16)17(20)19-10-9-13-3-4-14(11-19)18-13;/h5-8,12-14,18H,3-4,9-11H2,1-2H3;1H. The topological polar surface area (TPSA) is 50.8 Å². The van der Waals surface area contributed by atoms with Crippen molar-refractivity contribution in [1.29, 1.82) is 0 Å². The van der Waals surface area contributed by atoms with E-state index in [2.05, 4.69) is 5.32 Å². The first-order chi connectivity index (χ1) is 10.7. The minimum absolute atomic E-state index is 0. The predicted octanol–water partition coefficient (Wildman–Crippen LogP) is 2.24. The fourth-order valence-corrected chi connectivity index (χ4v) is 3.31. The number of amides is 1. The molecule has 0 saturated carbocycles. The Balaban J connectivity index is 0.00000192. The molecule has 2 heterocycles. The van der Waals surface area contributed by atoms with Gasteiger partial charge in [0, 0.05) is 25.2 Å². The van der Waals surface area contributed by atoms with E-state index in [0.29, 0.717) is 17.8 Å². The molecule has 3 atom stereocenters. The summed E-state index contributed by atoms with van der Waals surface area (Å²) >= 11 is 0. The Kier molecular flexibility index (Phi) is 6.13. The lowest BCUT2D eigenvalue weighted by molar-refractivity contribution is -0.138. The average molecular weight is 341 g/mol. The number of carbonyl (C=O) groups is 1. The van der Waals surface area contributed by atoms with Crippen LogP contribution in [0.5, 0.6) is 11.5 Å². The normalized spacial score (nSPS) is 24.3.